The number of aromatic nitrogens is 2. The molecular weight excluding hydrogens is 360 g/mol. The van der Waals surface area contributed by atoms with Crippen molar-refractivity contribution in [3.63, 3.8) is 0 Å². The van der Waals surface area contributed by atoms with Crippen LogP contribution in [0.2, 0.25) is 0 Å². The molecule has 3 aromatic rings. The van der Waals surface area contributed by atoms with Crippen molar-refractivity contribution in [3.8, 4) is 0 Å². The van der Waals surface area contributed by atoms with Gasteiger partial charge >= 0.3 is 0 Å². The van der Waals surface area contributed by atoms with Gasteiger partial charge in [0.15, 0.2) is 10.8 Å². The van der Waals surface area contributed by atoms with E-state index in [1.807, 2.05) is 18.0 Å². The smallest absolute Gasteiger partial charge is 0.276 e. The third-order valence-electron chi connectivity index (χ3n) is 5.29. The molecule has 1 N–H and O–H groups in total. The predicted octanol–water partition coefficient (Wildman–Crippen LogP) is 3.70. The Labute approximate surface area is 162 Å². The number of carbonyl (C=O) groups is 1. The SMILES string of the molecule is CNc1nc(C2(c3ccccc3)CCN(C(=O)c3cc(C)on3)CC2)cs1. The molecule has 1 saturated heterocycles. The summed E-state index contributed by atoms with van der Waals surface area (Å²) in [5, 5.41) is 10.1. The van der Waals surface area contributed by atoms with Crippen LogP contribution in [-0.4, -0.2) is 41.1 Å². The average molecular weight is 382 g/mol. The van der Waals surface area contributed by atoms with Crippen LogP contribution in [0.25, 0.3) is 0 Å². The fourth-order valence-corrected chi connectivity index (χ4v) is 4.55. The summed E-state index contributed by atoms with van der Waals surface area (Å²) in [6.45, 7) is 3.11. The maximum atomic E-state index is 12.7. The lowest BCUT2D eigenvalue weighted by Crippen LogP contribution is -2.46. The molecule has 0 saturated carbocycles. The number of anilines is 1. The van der Waals surface area contributed by atoms with E-state index in [1.165, 1.54) is 5.56 Å². The minimum atomic E-state index is -0.177. The Morgan fingerprint density at radius 3 is 2.59 bits per heavy atom. The van der Waals surface area contributed by atoms with E-state index in [0.29, 0.717) is 24.5 Å². The van der Waals surface area contributed by atoms with Crippen LogP contribution < -0.4 is 5.32 Å². The number of aryl methyl sites for hydroxylation is 1. The first-order chi connectivity index (χ1) is 13.1. The molecule has 3 heterocycles. The van der Waals surface area contributed by atoms with Gasteiger partial charge in [0.05, 0.1) is 5.69 Å². The quantitative estimate of drug-likeness (QED) is 0.745. The number of hydrogen-bond acceptors (Lipinski definition) is 6. The summed E-state index contributed by atoms with van der Waals surface area (Å²) in [6, 6.07) is 12.2. The Kier molecular flexibility index (Phi) is 4.70. The lowest BCUT2D eigenvalue weighted by Gasteiger charge is -2.41. The highest BCUT2D eigenvalue weighted by atomic mass is 32.1. The molecule has 2 aromatic heterocycles. The van der Waals surface area contributed by atoms with Gasteiger partial charge in [-0.2, -0.15) is 0 Å². The molecule has 140 valence electrons. The number of nitrogens with one attached hydrogen (secondary N) is 1. The molecular formula is C20H22N4O2S. The number of rotatable bonds is 4. The van der Waals surface area contributed by atoms with Crippen LogP contribution in [0.5, 0.6) is 0 Å². The number of hydrogen-bond donors (Lipinski definition) is 1. The highest BCUT2D eigenvalue weighted by Gasteiger charge is 2.41. The van der Waals surface area contributed by atoms with E-state index in [-0.39, 0.29) is 11.3 Å². The summed E-state index contributed by atoms with van der Waals surface area (Å²) < 4.78 is 5.06. The van der Waals surface area contributed by atoms with Gasteiger partial charge in [-0.3, -0.25) is 4.79 Å². The zero-order valence-corrected chi connectivity index (χ0v) is 16.3. The summed E-state index contributed by atoms with van der Waals surface area (Å²) in [7, 11) is 1.89. The molecule has 0 bridgehead atoms. The summed E-state index contributed by atoms with van der Waals surface area (Å²) in [6.07, 6.45) is 1.65. The monoisotopic (exact) mass is 382 g/mol. The number of likely N-dealkylation sites (tertiary alicyclic amines) is 1. The number of amides is 1. The maximum Gasteiger partial charge on any atom is 0.276 e. The van der Waals surface area contributed by atoms with E-state index in [2.05, 4.69) is 40.1 Å². The largest absolute Gasteiger partial charge is 0.365 e. The number of piperidine rings is 1. The van der Waals surface area contributed by atoms with Gasteiger partial charge in [-0.25, -0.2) is 4.98 Å². The third-order valence-corrected chi connectivity index (χ3v) is 6.15. The lowest BCUT2D eigenvalue weighted by atomic mass is 9.70. The maximum absolute atomic E-state index is 12.7. The van der Waals surface area contributed by atoms with Crippen LogP contribution in [0.15, 0.2) is 46.3 Å². The van der Waals surface area contributed by atoms with Gasteiger partial charge < -0.3 is 14.7 Å². The Hall–Kier alpha value is -2.67. The van der Waals surface area contributed by atoms with E-state index >= 15 is 0 Å². The highest BCUT2D eigenvalue weighted by molar-refractivity contribution is 7.13. The molecule has 27 heavy (non-hydrogen) atoms. The van der Waals surface area contributed by atoms with E-state index in [9.17, 15) is 4.79 Å². The second-order valence-electron chi connectivity index (χ2n) is 6.85. The number of carbonyl (C=O) groups excluding carboxylic acids is 1. The van der Waals surface area contributed by atoms with Crippen LogP contribution in [0, 0.1) is 6.92 Å². The predicted molar refractivity (Wildman–Crippen MR) is 105 cm³/mol. The Balaban J connectivity index is 1.62. The fraction of sp³-hybridized carbons (Fsp3) is 0.350. The van der Waals surface area contributed by atoms with Crippen molar-refractivity contribution in [2.45, 2.75) is 25.2 Å². The number of thiazole rings is 1. The number of benzene rings is 1. The fourth-order valence-electron chi connectivity index (χ4n) is 3.78. The first-order valence-corrected chi connectivity index (χ1v) is 9.92. The Bertz CT molecular complexity index is 926. The van der Waals surface area contributed by atoms with Crippen molar-refractivity contribution in [2.75, 3.05) is 25.5 Å². The minimum absolute atomic E-state index is 0.0669. The standard InChI is InChI=1S/C20H22N4O2S/c1-14-12-16(23-26-14)18(25)24-10-8-20(9-11-24,15-6-4-3-5-7-15)17-13-27-19(21-2)22-17/h3-7,12-13H,8-11H2,1-2H3,(H,21,22). The van der Waals surface area contributed by atoms with E-state index in [4.69, 9.17) is 9.51 Å². The van der Waals surface area contributed by atoms with Gasteiger partial charge in [-0.15, -0.1) is 11.3 Å². The molecule has 6 nitrogen and oxygen atoms in total. The molecule has 4 rings (SSSR count). The van der Waals surface area contributed by atoms with Crippen molar-refractivity contribution >= 4 is 22.4 Å². The molecule has 7 heteroatoms. The lowest BCUT2D eigenvalue weighted by molar-refractivity contribution is 0.0673. The van der Waals surface area contributed by atoms with Gasteiger partial charge in [0.1, 0.15) is 5.76 Å². The zero-order chi connectivity index (χ0) is 18.9. The molecule has 1 fully saturated rings. The number of nitrogens with zero attached hydrogens (tertiary/aromatic N) is 3. The molecule has 1 aliphatic rings. The molecule has 0 aliphatic carbocycles. The second-order valence-corrected chi connectivity index (χ2v) is 7.71. The van der Waals surface area contributed by atoms with Crippen molar-refractivity contribution in [2.24, 2.45) is 0 Å². The van der Waals surface area contributed by atoms with Crippen LogP contribution >= 0.6 is 11.3 Å². The first kappa shape index (κ1) is 17.7. The van der Waals surface area contributed by atoms with Crippen LogP contribution in [0.3, 0.4) is 0 Å². The summed E-state index contributed by atoms with van der Waals surface area (Å²) in [5.41, 5.74) is 2.53. The van der Waals surface area contributed by atoms with E-state index < -0.39 is 0 Å². The van der Waals surface area contributed by atoms with Gasteiger partial charge in [0, 0.05) is 37.0 Å². The zero-order valence-electron chi connectivity index (χ0n) is 15.4. The third kappa shape index (κ3) is 3.23. The molecule has 1 amide bonds. The second kappa shape index (κ2) is 7.15. The van der Waals surface area contributed by atoms with Crippen LogP contribution in [-0.2, 0) is 5.41 Å². The normalized spacial score (nSPS) is 16.3. The Morgan fingerprint density at radius 2 is 2.00 bits per heavy atom. The summed E-state index contributed by atoms with van der Waals surface area (Å²) in [5.74, 6) is 0.582. The molecule has 0 atom stereocenters. The van der Waals surface area contributed by atoms with E-state index in [1.54, 1.807) is 24.3 Å². The molecule has 0 unspecified atom stereocenters. The molecule has 1 aliphatic heterocycles. The first-order valence-electron chi connectivity index (χ1n) is 9.04. The van der Waals surface area contributed by atoms with Crippen molar-refractivity contribution in [3.05, 3.63) is 64.5 Å². The van der Waals surface area contributed by atoms with Gasteiger partial charge in [0.25, 0.3) is 5.91 Å². The minimum Gasteiger partial charge on any atom is -0.365 e. The molecule has 0 spiro atoms. The molecule has 1 aromatic carbocycles. The van der Waals surface area contributed by atoms with Crippen LogP contribution in [0.1, 0.15) is 40.3 Å². The van der Waals surface area contributed by atoms with Gasteiger partial charge in [0.2, 0.25) is 0 Å². The van der Waals surface area contributed by atoms with E-state index in [0.717, 1.165) is 23.7 Å². The van der Waals surface area contributed by atoms with Crippen molar-refractivity contribution < 1.29 is 9.32 Å². The average Bonchev–Trinajstić information content (AvgIpc) is 3.37. The van der Waals surface area contributed by atoms with Gasteiger partial charge in [-0.1, -0.05) is 35.5 Å². The topological polar surface area (TPSA) is 71.3 Å². The van der Waals surface area contributed by atoms with Crippen LogP contribution in [0.4, 0.5) is 5.13 Å². The Morgan fingerprint density at radius 1 is 1.26 bits per heavy atom. The highest BCUT2D eigenvalue weighted by Crippen LogP contribution is 2.42. The van der Waals surface area contributed by atoms with Gasteiger partial charge in [-0.05, 0) is 25.3 Å². The summed E-state index contributed by atoms with van der Waals surface area (Å²) >= 11 is 1.62. The summed E-state index contributed by atoms with van der Waals surface area (Å²) in [4.78, 5) is 19.4. The molecule has 0 radical (unpaired) electrons. The van der Waals surface area contributed by atoms with Crippen molar-refractivity contribution in [1.82, 2.24) is 15.0 Å². The van der Waals surface area contributed by atoms with Crippen molar-refractivity contribution in [1.29, 1.82) is 0 Å².